The number of rotatable bonds is 2. The van der Waals surface area contributed by atoms with Crippen LogP contribution < -0.4 is 0 Å². The maximum absolute atomic E-state index is 10.0. The zero-order chi connectivity index (χ0) is 13.1. The van der Waals surface area contributed by atoms with Gasteiger partial charge in [-0.3, -0.25) is 0 Å². The molecule has 0 spiro atoms. The van der Waals surface area contributed by atoms with Crippen LogP contribution in [0.2, 0.25) is 0 Å². The quantitative estimate of drug-likeness (QED) is 0.768. The van der Waals surface area contributed by atoms with Crippen LogP contribution in [0.3, 0.4) is 0 Å². The lowest BCUT2D eigenvalue weighted by Crippen LogP contribution is -1.90. The van der Waals surface area contributed by atoms with Crippen LogP contribution in [0.5, 0.6) is 5.75 Å². The number of hydrogen-bond acceptors (Lipinski definition) is 2. The normalized spacial score (nSPS) is 14.3. The van der Waals surface area contributed by atoms with Crippen LogP contribution in [0.4, 0.5) is 0 Å². The van der Waals surface area contributed by atoms with Gasteiger partial charge in [-0.2, -0.15) is 0 Å². The first-order valence-corrected chi connectivity index (χ1v) is 5.84. The van der Waals surface area contributed by atoms with Gasteiger partial charge in [0.15, 0.2) is 0 Å². The molecule has 0 saturated carbocycles. The van der Waals surface area contributed by atoms with E-state index >= 15 is 0 Å². The number of aliphatic hydroxyl groups is 1. The van der Waals surface area contributed by atoms with E-state index in [4.69, 9.17) is 0 Å². The molecule has 92 valence electrons. The lowest BCUT2D eigenvalue weighted by Gasteiger charge is -2.08. The number of benzene rings is 1. The van der Waals surface area contributed by atoms with Crippen LogP contribution in [0.15, 0.2) is 54.2 Å². The number of aliphatic hydroxyl groups excluding tert-OH is 1. The van der Waals surface area contributed by atoms with Gasteiger partial charge in [-0.1, -0.05) is 36.4 Å². The van der Waals surface area contributed by atoms with E-state index in [1.807, 2.05) is 50.3 Å². The van der Waals surface area contributed by atoms with Gasteiger partial charge in [0.2, 0.25) is 0 Å². The predicted molar refractivity (Wildman–Crippen MR) is 74.5 cm³/mol. The second kappa shape index (κ2) is 4.96. The minimum atomic E-state index is 0.0752. The average Bonchev–Trinajstić information content (AvgIpc) is 2.77. The zero-order valence-electron chi connectivity index (χ0n) is 10.5. The average molecular weight is 240 g/mol. The third-order valence-electron chi connectivity index (χ3n) is 2.84. The van der Waals surface area contributed by atoms with Crippen LogP contribution in [-0.2, 0) is 0 Å². The molecule has 1 aromatic rings. The highest BCUT2D eigenvalue weighted by Crippen LogP contribution is 2.28. The van der Waals surface area contributed by atoms with E-state index in [1.165, 1.54) is 0 Å². The molecule has 0 atom stereocenters. The van der Waals surface area contributed by atoms with Crippen LogP contribution in [-0.4, -0.2) is 10.2 Å². The van der Waals surface area contributed by atoms with E-state index in [2.05, 4.69) is 0 Å². The Morgan fingerprint density at radius 1 is 1.11 bits per heavy atom. The number of allylic oxidation sites excluding steroid dienone is 7. The van der Waals surface area contributed by atoms with Crippen molar-refractivity contribution in [1.29, 1.82) is 0 Å². The number of phenolic OH excluding ortho intramolecular Hbond substituents is 1. The Labute approximate surface area is 107 Å². The predicted octanol–water partition coefficient (Wildman–Crippen LogP) is 3.96. The Hall–Kier alpha value is -2.22. The summed E-state index contributed by atoms with van der Waals surface area (Å²) < 4.78 is 0. The fourth-order valence-electron chi connectivity index (χ4n) is 2.04. The summed E-state index contributed by atoms with van der Waals surface area (Å²) in [5.41, 5.74) is 3.34. The highest BCUT2D eigenvalue weighted by molar-refractivity contribution is 5.69. The summed E-state index contributed by atoms with van der Waals surface area (Å²) in [5.74, 6) is 0.184. The Bertz CT molecular complexity index is 550. The molecule has 0 bridgehead atoms. The van der Waals surface area contributed by atoms with Crippen LogP contribution >= 0.6 is 0 Å². The van der Waals surface area contributed by atoms with E-state index in [1.54, 1.807) is 12.1 Å². The number of aromatic hydroxyl groups is 1. The number of phenols is 1. The summed E-state index contributed by atoms with van der Waals surface area (Å²) >= 11 is 0. The molecule has 0 unspecified atom stereocenters. The van der Waals surface area contributed by atoms with E-state index in [-0.39, 0.29) is 11.5 Å². The fourth-order valence-corrected chi connectivity index (χ4v) is 2.04. The molecule has 2 nitrogen and oxygen atoms in total. The SMILES string of the molecule is Cc1cc(C)c(C(O)=CC=C2C=CC=C2)c(O)c1. The summed E-state index contributed by atoms with van der Waals surface area (Å²) in [6.45, 7) is 3.78. The summed E-state index contributed by atoms with van der Waals surface area (Å²) in [6.07, 6.45) is 11.2. The lowest BCUT2D eigenvalue weighted by atomic mass is 10.0. The monoisotopic (exact) mass is 240 g/mol. The molecule has 0 amide bonds. The second-order valence-electron chi connectivity index (χ2n) is 4.41. The lowest BCUT2D eigenvalue weighted by molar-refractivity contribution is 0.459. The van der Waals surface area contributed by atoms with Crippen molar-refractivity contribution in [2.75, 3.05) is 0 Å². The van der Waals surface area contributed by atoms with Crippen molar-refractivity contribution in [3.63, 3.8) is 0 Å². The first kappa shape index (κ1) is 12.2. The van der Waals surface area contributed by atoms with Gasteiger partial charge in [0.25, 0.3) is 0 Å². The largest absolute Gasteiger partial charge is 0.507 e. The summed E-state index contributed by atoms with van der Waals surface area (Å²) in [6, 6.07) is 3.58. The molecule has 1 aliphatic carbocycles. The molecule has 18 heavy (non-hydrogen) atoms. The third kappa shape index (κ3) is 2.54. The topological polar surface area (TPSA) is 40.5 Å². The van der Waals surface area contributed by atoms with Crippen LogP contribution in [0.1, 0.15) is 16.7 Å². The van der Waals surface area contributed by atoms with Crippen molar-refractivity contribution in [3.8, 4) is 5.75 Å². The molecule has 0 radical (unpaired) electrons. The Balaban J connectivity index is 2.37. The Kier molecular flexibility index (Phi) is 3.38. The first-order chi connectivity index (χ1) is 8.58. The van der Waals surface area contributed by atoms with Gasteiger partial charge in [0.05, 0.1) is 5.56 Å². The van der Waals surface area contributed by atoms with Crippen molar-refractivity contribution in [1.82, 2.24) is 0 Å². The van der Waals surface area contributed by atoms with Crippen molar-refractivity contribution in [3.05, 3.63) is 70.9 Å². The van der Waals surface area contributed by atoms with Crippen molar-refractivity contribution < 1.29 is 10.2 Å². The van der Waals surface area contributed by atoms with Gasteiger partial charge in [0.1, 0.15) is 11.5 Å². The van der Waals surface area contributed by atoms with Gasteiger partial charge in [-0.25, -0.2) is 0 Å². The van der Waals surface area contributed by atoms with Crippen LogP contribution in [0, 0.1) is 13.8 Å². The molecule has 2 heteroatoms. The van der Waals surface area contributed by atoms with E-state index in [0.717, 1.165) is 16.7 Å². The second-order valence-corrected chi connectivity index (χ2v) is 4.41. The van der Waals surface area contributed by atoms with Crippen molar-refractivity contribution in [2.24, 2.45) is 0 Å². The number of aryl methyl sites for hydroxylation is 2. The molecule has 0 aromatic heterocycles. The van der Waals surface area contributed by atoms with E-state index in [0.29, 0.717) is 5.56 Å². The van der Waals surface area contributed by atoms with Gasteiger partial charge in [-0.05, 0) is 42.7 Å². The summed E-state index contributed by atoms with van der Waals surface area (Å²) in [5, 5.41) is 19.9. The Morgan fingerprint density at radius 2 is 1.78 bits per heavy atom. The van der Waals surface area contributed by atoms with Gasteiger partial charge < -0.3 is 10.2 Å². The summed E-state index contributed by atoms with van der Waals surface area (Å²) in [7, 11) is 0. The minimum absolute atomic E-state index is 0.0752. The van der Waals surface area contributed by atoms with Crippen molar-refractivity contribution in [2.45, 2.75) is 13.8 Å². The minimum Gasteiger partial charge on any atom is -0.507 e. The molecule has 0 heterocycles. The van der Waals surface area contributed by atoms with E-state index in [9.17, 15) is 10.2 Å². The molecule has 0 saturated heterocycles. The molecular formula is C16H16O2. The highest BCUT2D eigenvalue weighted by atomic mass is 16.3. The van der Waals surface area contributed by atoms with Gasteiger partial charge >= 0.3 is 0 Å². The summed E-state index contributed by atoms with van der Waals surface area (Å²) in [4.78, 5) is 0. The number of hydrogen-bond donors (Lipinski definition) is 2. The standard InChI is InChI=1S/C16H16O2/c1-11-9-12(2)16(15(18)10-11)14(17)8-7-13-5-3-4-6-13/h3-10,17-18H,1-2H3. The first-order valence-electron chi connectivity index (χ1n) is 5.84. The fraction of sp³-hybridized carbons (Fsp3) is 0.125. The molecule has 1 aliphatic rings. The van der Waals surface area contributed by atoms with Crippen LogP contribution in [0.25, 0.3) is 5.76 Å². The third-order valence-corrected chi connectivity index (χ3v) is 2.84. The highest BCUT2D eigenvalue weighted by Gasteiger charge is 2.09. The molecule has 0 aliphatic heterocycles. The molecular weight excluding hydrogens is 224 g/mol. The van der Waals surface area contributed by atoms with Gasteiger partial charge in [-0.15, -0.1) is 0 Å². The molecule has 2 N–H and O–H groups in total. The maximum atomic E-state index is 10.0. The molecule has 1 aromatic carbocycles. The Morgan fingerprint density at radius 3 is 2.39 bits per heavy atom. The van der Waals surface area contributed by atoms with Crippen molar-refractivity contribution >= 4 is 5.76 Å². The molecule has 0 fully saturated rings. The maximum Gasteiger partial charge on any atom is 0.127 e. The van der Waals surface area contributed by atoms with Gasteiger partial charge in [0, 0.05) is 0 Å². The van der Waals surface area contributed by atoms with E-state index < -0.39 is 0 Å². The zero-order valence-corrected chi connectivity index (χ0v) is 10.5. The smallest absolute Gasteiger partial charge is 0.127 e. The molecule has 2 rings (SSSR count).